The molecule has 0 fully saturated rings. The molecule has 0 spiro atoms. The van der Waals surface area contributed by atoms with Crippen LogP contribution in [0.4, 0.5) is 0 Å². The van der Waals surface area contributed by atoms with Crippen LogP contribution in [0.3, 0.4) is 0 Å². The highest BCUT2D eigenvalue weighted by Gasteiger charge is 2.12. The summed E-state index contributed by atoms with van der Waals surface area (Å²) in [6.45, 7) is 1.69. The first kappa shape index (κ1) is 21.2. The molecule has 146 valence electrons. The molecular formula is C19H21Cl2NO5. The van der Waals surface area contributed by atoms with Gasteiger partial charge in [-0.1, -0.05) is 35.3 Å². The monoisotopic (exact) mass is 413 g/mol. The third-order valence-electron chi connectivity index (χ3n) is 3.56. The topological polar surface area (TPSA) is 77.0 Å². The van der Waals surface area contributed by atoms with Crippen LogP contribution in [0.1, 0.15) is 5.56 Å². The molecule has 0 heterocycles. The molecule has 1 unspecified atom stereocenters. The van der Waals surface area contributed by atoms with E-state index < -0.39 is 6.10 Å². The summed E-state index contributed by atoms with van der Waals surface area (Å²) in [5, 5.41) is 13.1. The molecule has 2 aromatic carbocycles. The number of halogens is 2. The van der Waals surface area contributed by atoms with Gasteiger partial charge in [-0.25, -0.2) is 0 Å². The Morgan fingerprint density at radius 3 is 2.67 bits per heavy atom. The maximum atomic E-state index is 11.9. The number of carbonyl (C=O) groups is 1. The lowest BCUT2D eigenvalue weighted by Gasteiger charge is -2.15. The maximum absolute atomic E-state index is 11.9. The van der Waals surface area contributed by atoms with Crippen molar-refractivity contribution in [1.82, 2.24) is 5.32 Å². The van der Waals surface area contributed by atoms with Gasteiger partial charge in [-0.3, -0.25) is 4.79 Å². The van der Waals surface area contributed by atoms with Crippen molar-refractivity contribution in [3.63, 3.8) is 0 Å². The summed E-state index contributed by atoms with van der Waals surface area (Å²) in [4.78, 5) is 11.9. The van der Waals surface area contributed by atoms with Crippen LogP contribution in [0.25, 0.3) is 0 Å². The molecule has 2 rings (SSSR count). The van der Waals surface area contributed by atoms with Gasteiger partial charge in [0.25, 0.3) is 5.91 Å². The van der Waals surface area contributed by atoms with Gasteiger partial charge in [-0.15, -0.1) is 0 Å². The summed E-state index contributed by atoms with van der Waals surface area (Å²) in [5.41, 5.74) is 1.02. The number of carbonyl (C=O) groups excluding carboxylic acids is 1. The van der Waals surface area contributed by atoms with Crippen molar-refractivity contribution in [3.05, 3.63) is 52.0 Å². The lowest BCUT2D eigenvalue weighted by Crippen LogP contribution is -2.37. The number of aliphatic hydroxyl groups excluding tert-OH is 1. The largest absolute Gasteiger partial charge is 0.493 e. The van der Waals surface area contributed by atoms with Gasteiger partial charge in [0.15, 0.2) is 18.1 Å². The Kier molecular flexibility index (Phi) is 8.03. The van der Waals surface area contributed by atoms with E-state index in [1.807, 2.05) is 19.1 Å². The van der Waals surface area contributed by atoms with Crippen molar-refractivity contribution < 1.29 is 24.1 Å². The van der Waals surface area contributed by atoms with Crippen LogP contribution in [-0.2, 0) is 4.79 Å². The number of hydrogen-bond acceptors (Lipinski definition) is 5. The van der Waals surface area contributed by atoms with Crippen LogP contribution in [0.5, 0.6) is 17.2 Å². The average molecular weight is 414 g/mol. The Labute approximate surface area is 167 Å². The van der Waals surface area contributed by atoms with Crippen LogP contribution in [-0.4, -0.2) is 44.0 Å². The maximum Gasteiger partial charge on any atom is 0.258 e. The second kappa shape index (κ2) is 10.3. The lowest BCUT2D eigenvalue weighted by molar-refractivity contribution is -0.123. The number of ether oxygens (including phenoxy) is 3. The Morgan fingerprint density at radius 2 is 1.93 bits per heavy atom. The van der Waals surface area contributed by atoms with Gasteiger partial charge in [0.05, 0.1) is 12.1 Å². The number of hydrogen-bond donors (Lipinski definition) is 2. The number of aliphatic hydroxyl groups is 1. The predicted molar refractivity (Wildman–Crippen MR) is 104 cm³/mol. The van der Waals surface area contributed by atoms with Gasteiger partial charge < -0.3 is 24.6 Å². The number of rotatable bonds is 9. The highest BCUT2D eigenvalue weighted by atomic mass is 35.5. The lowest BCUT2D eigenvalue weighted by atomic mass is 10.2. The minimum Gasteiger partial charge on any atom is -0.493 e. The molecule has 0 aromatic heterocycles. The molecule has 2 aromatic rings. The minimum atomic E-state index is -0.919. The van der Waals surface area contributed by atoms with Crippen LogP contribution in [0, 0.1) is 6.92 Å². The molecule has 0 aliphatic carbocycles. The van der Waals surface area contributed by atoms with E-state index >= 15 is 0 Å². The van der Waals surface area contributed by atoms with Crippen molar-refractivity contribution >= 4 is 29.1 Å². The molecule has 1 amide bonds. The van der Waals surface area contributed by atoms with E-state index in [2.05, 4.69) is 5.32 Å². The molecule has 2 N–H and O–H groups in total. The first-order valence-corrected chi connectivity index (χ1v) is 8.95. The van der Waals surface area contributed by atoms with Gasteiger partial charge in [0, 0.05) is 6.54 Å². The van der Waals surface area contributed by atoms with Crippen molar-refractivity contribution in [2.24, 2.45) is 0 Å². The summed E-state index contributed by atoms with van der Waals surface area (Å²) >= 11 is 11.9. The molecule has 0 saturated heterocycles. The predicted octanol–water partition coefficient (Wildman–Crippen LogP) is 3.25. The highest BCUT2D eigenvalue weighted by Crippen LogP contribution is 2.31. The zero-order valence-electron chi connectivity index (χ0n) is 15.0. The fourth-order valence-corrected chi connectivity index (χ4v) is 2.51. The Hall–Kier alpha value is -2.15. The number of benzene rings is 2. The summed E-state index contributed by atoms with van der Waals surface area (Å²) in [6, 6.07) is 10.4. The molecule has 0 aliphatic rings. The number of amides is 1. The van der Waals surface area contributed by atoms with E-state index in [-0.39, 0.29) is 30.7 Å². The molecule has 0 saturated carbocycles. The van der Waals surface area contributed by atoms with Crippen molar-refractivity contribution in [1.29, 1.82) is 0 Å². The van der Waals surface area contributed by atoms with E-state index in [9.17, 15) is 9.90 Å². The summed E-state index contributed by atoms with van der Waals surface area (Å²) in [5.74, 6) is 1.01. The summed E-state index contributed by atoms with van der Waals surface area (Å²) in [6.07, 6.45) is -0.919. The second-order valence-corrected chi connectivity index (χ2v) is 6.55. The standard InChI is InChI=1S/C19H21Cl2NO5/c1-12-6-7-15(17(8-12)25-2)27-11-18(24)22-9-13(23)10-26-16-5-3-4-14(20)19(16)21/h3-8,13,23H,9-11H2,1-2H3,(H,22,24). The molecule has 0 aliphatic heterocycles. The highest BCUT2D eigenvalue weighted by molar-refractivity contribution is 6.42. The summed E-state index contributed by atoms with van der Waals surface area (Å²) in [7, 11) is 1.53. The smallest absolute Gasteiger partial charge is 0.258 e. The molecular weight excluding hydrogens is 393 g/mol. The van der Waals surface area contributed by atoms with Crippen molar-refractivity contribution in [2.75, 3.05) is 26.9 Å². The van der Waals surface area contributed by atoms with E-state index in [1.54, 1.807) is 24.3 Å². The van der Waals surface area contributed by atoms with Gasteiger partial charge in [-0.2, -0.15) is 0 Å². The Balaban J connectivity index is 1.74. The zero-order chi connectivity index (χ0) is 19.8. The first-order chi connectivity index (χ1) is 12.9. The zero-order valence-corrected chi connectivity index (χ0v) is 16.5. The minimum absolute atomic E-state index is 0.00537. The first-order valence-electron chi connectivity index (χ1n) is 8.19. The number of nitrogens with one attached hydrogen (secondary N) is 1. The third-order valence-corrected chi connectivity index (χ3v) is 4.36. The van der Waals surface area contributed by atoms with Crippen LogP contribution in [0.15, 0.2) is 36.4 Å². The fourth-order valence-electron chi connectivity index (χ4n) is 2.16. The Morgan fingerprint density at radius 1 is 1.15 bits per heavy atom. The number of methoxy groups -OCH3 is 1. The third kappa shape index (κ3) is 6.50. The van der Waals surface area contributed by atoms with Crippen molar-refractivity contribution in [3.8, 4) is 17.2 Å². The molecule has 0 radical (unpaired) electrons. The normalized spacial score (nSPS) is 11.6. The molecule has 6 nitrogen and oxygen atoms in total. The second-order valence-electron chi connectivity index (χ2n) is 5.76. The molecule has 27 heavy (non-hydrogen) atoms. The quantitative estimate of drug-likeness (QED) is 0.659. The summed E-state index contributed by atoms with van der Waals surface area (Å²) < 4.78 is 16.1. The SMILES string of the molecule is COc1cc(C)ccc1OCC(=O)NCC(O)COc1cccc(Cl)c1Cl. The van der Waals surface area contributed by atoms with E-state index in [0.717, 1.165) is 5.56 Å². The van der Waals surface area contributed by atoms with Crippen LogP contribution >= 0.6 is 23.2 Å². The van der Waals surface area contributed by atoms with E-state index in [0.29, 0.717) is 22.3 Å². The van der Waals surface area contributed by atoms with Gasteiger partial charge in [0.1, 0.15) is 23.5 Å². The number of aryl methyl sites for hydroxylation is 1. The van der Waals surface area contributed by atoms with Crippen LogP contribution < -0.4 is 19.5 Å². The van der Waals surface area contributed by atoms with Gasteiger partial charge in [-0.05, 0) is 36.8 Å². The molecule has 8 heteroatoms. The Bertz CT molecular complexity index is 785. The molecule has 0 bridgehead atoms. The van der Waals surface area contributed by atoms with E-state index in [1.165, 1.54) is 7.11 Å². The van der Waals surface area contributed by atoms with Crippen LogP contribution in [0.2, 0.25) is 10.0 Å². The average Bonchev–Trinajstić information content (AvgIpc) is 2.66. The van der Waals surface area contributed by atoms with Gasteiger partial charge in [0.2, 0.25) is 0 Å². The van der Waals surface area contributed by atoms with Crippen molar-refractivity contribution in [2.45, 2.75) is 13.0 Å². The fraction of sp³-hybridized carbons (Fsp3) is 0.316. The van der Waals surface area contributed by atoms with Gasteiger partial charge >= 0.3 is 0 Å². The molecule has 1 atom stereocenters. The van der Waals surface area contributed by atoms with E-state index in [4.69, 9.17) is 37.4 Å².